The number of carbonyl (C=O) groups is 2. The summed E-state index contributed by atoms with van der Waals surface area (Å²) in [6.07, 6.45) is 3.08. The van der Waals surface area contributed by atoms with Crippen LogP contribution in [0.4, 0.5) is 0 Å². The Morgan fingerprint density at radius 1 is 1.25 bits per heavy atom. The van der Waals surface area contributed by atoms with E-state index in [1.165, 1.54) is 0 Å². The zero-order valence-electron chi connectivity index (χ0n) is 14.0. The Bertz CT molecular complexity index is 608. The third-order valence-corrected chi connectivity index (χ3v) is 5.11. The number of likely N-dealkylation sites (tertiary alicyclic amines) is 1. The molecule has 0 bridgehead atoms. The second-order valence-corrected chi connectivity index (χ2v) is 6.71. The van der Waals surface area contributed by atoms with Crippen LogP contribution < -0.4 is 11.1 Å². The maximum Gasteiger partial charge on any atom is 0.253 e. The van der Waals surface area contributed by atoms with Gasteiger partial charge in [-0.15, -0.1) is 12.4 Å². The number of nitrogens with zero attached hydrogens (tertiary/aromatic N) is 1. The van der Waals surface area contributed by atoms with Crippen LogP contribution >= 0.6 is 12.4 Å². The number of carbonyl (C=O) groups excluding carboxylic acids is 2. The van der Waals surface area contributed by atoms with Crippen LogP contribution in [0.25, 0.3) is 0 Å². The number of hydrogen-bond acceptors (Lipinski definition) is 3. The summed E-state index contributed by atoms with van der Waals surface area (Å²) in [5.41, 5.74) is 7.27. The van der Waals surface area contributed by atoms with E-state index in [0.717, 1.165) is 32.4 Å². The van der Waals surface area contributed by atoms with E-state index in [0.29, 0.717) is 29.5 Å². The normalized spacial score (nSPS) is 25.1. The summed E-state index contributed by atoms with van der Waals surface area (Å²) in [5, 5.41) is 2.84. The molecule has 1 saturated heterocycles. The molecule has 3 rings (SSSR count). The lowest BCUT2D eigenvalue weighted by Crippen LogP contribution is -2.33. The lowest BCUT2D eigenvalue weighted by molar-refractivity contribution is 0.0779. The predicted octanol–water partition coefficient (Wildman–Crippen LogP) is 2.06. The van der Waals surface area contributed by atoms with Crippen LogP contribution in [0.1, 0.15) is 46.9 Å². The number of benzene rings is 1. The van der Waals surface area contributed by atoms with E-state index in [1.54, 1.807) is 24.3 Å². The van der Waals surface area contributed by atoms with Gasteiger partial charge in [0.2, 0.25) is 0 Å². The fourth-order valence-electron chi connectivity index (χ4n) is 3.79. The fraction of sp³-hybridized carbons (Fsp3) is 0.556. The Morgan fingerprint density at radius 2 is 2.00 bits per heavy atom. The summed E-state index contributed by atoms with van der Waals surface area (Å²) in [7, 11) is 0. The summed E-state index contributed by atoms with van der Waals surface area (Å²) >= 11 is 0. The third-order valence-electron chi connectivity index (χ3n) is 5.11. The molecular weight excluding hydrogens is 326 g/mol. The number of nitrogens with one attached hydrogen (secondary N) is 1. The van der Waals surface area contributed by atoms with E-state index >= 15 is 0 Å². The van der Waals surface area contributed by atoms with Crippen LogP contribution in [-0.4, -0.2) is 42.4 Å². The minimum absolute atomic E-state index is 0. The monoisotopic (exact) mass is 351 g/mol. The first kappa shape index (κ1) is 18.7. The van der Waals surface area contributed by atoms with E-state index in [-0.39, 0.29) is 30.3 Å². The molecule has 6 heteroatoms. The van der Waals surface area contributed by atoms with Gasteiger partial charge in [-0.3, -0.25) is 9.59 Å². The van der Waals surface area contributed by atoms with Crippen molar-refractivity contribution in [1.82, 2.24) is 10.2 Å². The Hall–Kier alpha value is -1.59. The molecule has 0 spiro atoms. The van der Waals surface area contributed by atoms with E-state index in [2.05, 4.69) is 5.32 Å². The zero-order valence-corrected chi connectivity index (χ0v) is 14.8. The molecule has 1 saturated carbocycles. The quantitative estimate of drug-likeness (QED) is 0.871. The molecule has 2 amide bonds. The summed E-state index contributed by atoms with van der Waals surface area (Å²) in [5.74, 6) is 0.874. The van der Waals surface area contributed by atoms with Crippen molar-refractivity contribution < 1.29 is 9.59 Å². The van der Waals surface area contributed by atoms with Gasteiger partial charge < -0.3 is 16.0 Å². The summed E-state index contributed by atoms with van der Waals surface area (Å²) in [6.45, 7) is 4.19. The van der Waals surface area contributed by atoms with Gasteiger partial charge in [0.25, 0.3) is 11.8 Å². The van der Waals surface area contributed by atoms with Gasteiger partial charge in [0.15, 0.2) is 0 Å². The highest BCUT2D eigenvalue weighted by Gasteiger charge is 2.42. The molecular formula is C18H26ClN3O2. The highest BCUT2D eigenvalue weighted by atomic mass is 35.5. The van der Waals surface area contributed by atoms with E-state index in [4.69, 9.17) is 5.73 Å². The topological polar surface area (TPSA) is 75.4 Å². The maximum atomic E-state index is 12.7. The minimum atomic E-state index is -0.123. The Morgan fingerprint density at radius 3 is 2.71 bits per heavy atom. The molecule has 1 aromatic carbocycles. The van der Waals surface area contributed by atoms with E-state index < -0.39 is 0 Å². The summed E-state index contributed by atoms with van der Waals surface area (Å²) in [4.78, 5) is 26.7. The maximum absolute atomic E-state index is 12.7. The second-order valence-electron chi connectivity index (χ2n) is 6.71. The predicted molar refractivity (Wildman–Crippen MR) is 96.4 cm³/mol. The Kier molecular flexibility index (Phi) is 6.24. The molecule has 132 valence electrons. The third kappa shape index (κ3) is 3.73. The number of hydrogen-bond donors (Lipinski definition) is 2. The lowest BCUT2D eigenvalue weighted by atomic mass is 9.98. The van der Waals surface area contributed by atoms with Gasteiger partial charge in [-0.25, -0.2) is 0 Å². The molecule has 3 atom stereocenters. The molecule has 0 radical (unpaired) electrons. The molecule has 1 aliphatic heterocycles. The molecule has 2 aliphatic rings. The van der Waals surface area contributed by atoms with Gasteiger partial charge in [-0.05, 0) is 49.3 Å². The minimum Gasteiger partial charge on any atom is -0.352 e. The van der Waals surface area contributed by atoms with Crippen LogP contribution in [0.5, 0.6) is 0 Å². The highest BCUT2D eigenvalue weighted by Crippen LogP contribution is 2.37. The second kappa shape index (κ2) is 7.99. The molecule has 0 aromatic heterocycles. The van der Waals surface area contributed by atoms with Crippen molar-refractivity contribution >= 4 is 24.2 Å². The summed E-state index contributed by atoms with van der Waals surface area (Å²) in [6, 6.07) is 7.23. The molecule has 2 fully saturated rings. The lowest BCUT2D eigenvalue weighted by Gasteiger charge is -2.19. The van der Waals surface area contributed by atoms with Crippen molar-refractivity contribution in [3.8, 4) is 0 Å². The number of rotatable bonds is 4. The van der Waals surface area contributed by atoms with Crippen molar-refractivity contribution in [2.75, 3.05) is 19.6 Å². The van der Waals surface area contributed by atoms with Crippen molar-refractivity contribution in [3.05, 3.63) is 35.4 Å². The van der Waals surface area contributed by atoms with Gasteiger partial charge in [0.05, 0.1) is 0 Å². The molecule has 1 heterocycles. The number of fused-ring (bicyclic) bond motifs is 1. The van der Waals surface area contributed by atoms with Gasteiger partial charge in [-0.2, -0.15) is 0 Å². The molecule has 1 aromatic rings. The Labute approximate surface area is 149 Å². The number of halogens is 1. The zero-order chi connectivity index (χ0) is 16.4. The standard InChI is InChI=1S/C18H25N3O2.ClH/c1-2-8-20-17(22)12-4-3-5-13(9-12)18(23)21-10-14-6-7-16(19)15(14)11-21;/h3-5,9,14-16H,2,6-8,10-11,19H2,1H3,(H,20,22);1H. The number of nitrogens with two attached hydrogens (primary N) is 1. The van der Waals surface area contributed by atoms with Crippen molar-refractivity contribution in [3.63, 3.8) is 0 Å². The fourth-order valence-corrected chi connectivity index (χ4v) is 3.79. The smallest absolute Gasteiger partial charge is 0.253 e. The van der Waals surface area contributed by atoms with Gasteiger partial charge in [-0.1, -0.05) is 13.0 Å². The summed E-state index contributed by atoms with van der Waals surface area (Å²) < 4.78 is 0. The average Bonchev–Trinajstić information content (AvgIpc) is 3.14. The first-order chi connectivity index (χ1) is 11.1. The molecule has 5 nitrogen and oxygen atoms in total. The first-order valence-electron chi connectivity index (χ1n) is 8.53. The van der Waals surface area contributed by atoms with Crippen LogP contribution in [0.2, 0.25) is 0 Å². The SMILES string of the molecule is CCCNC(=O)c1cccc(C(=O)N2CC3CCC(N)C3C2)c1.Cl. The molecule has 3 N–H and O–H groups in total. The molecule has 1 aliphatic carbocycles. The average molecular weight is 352 g/mol. The molecule has 24 heavy (non-hydrogen) atoms. The van der Waals surface area contributed by atoms with Crippen LogP contribution in [-0.2, 0) is 0 Å². The number of amides is 2. The van der Waals surface area contributed by atoms with E-state index in [9.17, 15) is 9.59 Å². The van der Waals surface area contributed by atoms with Gasteiger partial charge in [0, 0.05) is 36.8 Å². The highest BCUT2D eigenvalue weighted by molar-refractivity contribution is 5.99. The van der Waals surface area contributed by atoms with Crippen LogP contribution in [0.15, 0.2) is 24.3 Å². The van der Waals surface area contributed by atoms with Crippen LogP contribution in [0, 0.1) is 11.8 Å². The largest absolute Gasteiger partial charge is 0.352 e. The Balaban J connectivity index is 0.00000208. The van der Waals surface area contributed by atoms with E-state index in [1.807, 2.05) is 11.8 Å². The van der Waals surface area contributed by atoms with Gasteiger partial charge >= 0.3 is 0 Å². The first-order valence-corrected chi connectivity index (χ1v) is 8.53. The van der Waals surface area contributed by atoms with Crippen molar-refractivity contribution in [2.45, 2.75) is 32.2 Å². The van der Waals surface area contributed by atoms with Crippen LogP contribution in [0.3, 0.4) is 0 Å². The van der Waals surface area contributed by atoms with Crippen molar-refractivity contribution in [2.24, 2.45) is 17.6 Å². The molecule has 3 unspecified atom stereocenters. The van der Waals surface area contributed by atoms with Crippen molar-refractivity contribution in [1.29, 1.82) is 0 Å². The van der Waals surface area contributed by atoms with Gasteiger partial charge in [0.1, 0.15) is 0 Å².